The van der Waals surface area contributed by atoms with Crippen LogP contribution in [0.25, 0.3) is 0 Å². The summed E-state index contributed by atoms with van der Waals surface area (Å²) in [6, 6.07) is 12.7. The lowest BCUT2D eigenvalue weighted by atomic mass is 10.1. The van der Waals surface area contributed by atoms with Gasteiger partial charge in [0.1, 0.15) is 5.75 Å². The first-order valence-electron chi connectivity index (χ1n) is 8.78. The standard InChI is InChI=1S/C20H25ClF2N4O/c1-24-20(25-11-14-6-4-5-7-15(14)13-27(2)3)26-12-16-10-17(21)8-9-18(16)28-19(22)23/h4-10,19H,11-13H2,1-3H3,(H2,24,25,26). The Morgan fingerprint density at radius 2 is 1.71 bits per heavy atom. The zero-order valence-electron chi connectivity index (χ0n) is 16.2. The predicted octanol–water partition coefficient (Wildman–Crippen LogP) is 3.87. The maximum atomic E-state index is 12.6. The van der Waals surface area contributed by atoms with Crippen molar-refractivity contribution >= 4 is 17.6 Å². The molecule has 28 heavy (non-hydrogen) atoms. The normalized spacial score (nSPS) is 11.8. The number of rotatable bonds is 8. The molecular formula is C20H25ClF2N4O. The summed E-state index contributed by atoms with van der Waals surface area (Å²) in [7, 11) is 5.69. The Kier molecular flexibility index (Phi) is 8.47. The van der Waals surface area contributed by atoms with E-state index in [9.17, 15) is 8.78 Å². The highest BCUT2D eigenvalue weighted by Gasteiger charge is 2.11. The van der Waals surface area contributed by atoms with Gasteiger partial charge in [-0.15, -0.1) is 0 Å². The zero-order valence-corrected chi connectivity index (χ0v) is 16.9. The first-order chi connectivity index (χ1) is 13.4. The maximum Gasteiger partial charge on any atom is 0.387 e. The molecule has 0 aromatic heterocycles. The fourth-order valence-electron chi connectivity index (χ4n) is 2.70. The second-order valence-corrected chi connectivity index (χ2v) is 6.85. The number of hydrogen-bond acceptors (Lipinski definition) is 3. The quantitative estimate of drug-likeness (QED) is 0.512. The summed E-state index contributed by atoms with van der Waals surface area (Å²) in [4.78, 5) is 6.29. The van der Waals surface area contributed by atoms with Crippen molar-refractivity contribution in [1.82, 2.24) is 15.5 Å². The second kappa shape index (κ2) is 10.8. The molecule has 0 aliphatic carbocycles. The lowest BCUT2D eigenvalue weighted by Crippen LogP contribution is -2.36. The molecule has 0 spiro atoms. The van der Waals surface area contributed by atoms with Crippen LogP contribution >= 0.6 is 11.6 Å². The van der Waals surface area contributed by atoms with Gasteiger partial charge in [0.15, 0.2) is 5.96 Å². The van der Waals surface area contributed by atoms with Crippen LogP contribution in [0.3, 0.4) is 0 Å². The van der Waals surface area contributed by atoms with Crippen molar-refractivity contribution < 1.29 is 13.5 Å². The van der Waals surface area contributed by atoms with E-state index in [-0.39, 0.29) is 12.3 Å². The minimum atomic E-state index is -2.90. The van der Waals surface area contributed by atoms with E-state index in [2.05, 4.69) is 37.4 Å². The van der Waals surface area contributed by atoms with E-state index in [4.69, 9.17) is 11.6 Å². The van der Waals surface area contributed by atoms with Crippen molar-refractivity contribution in [3.63, 3.8) is 0 Å². The summed E-state index contributed by atoms with van der Waals surface area (Å²) in [5.41, 5.74) is 2.89. The fraction of sp³-hybridized carbons (Fsp3) is 0.350. The van der Waals surface area contributed by atoms with Crippen molar-refractivity contribution in [2.45, 2.75) is 26.2 Å². The molecule has 0 bridgehead atoms. The van der Waals surface area contributed by atoms with E-state index < -0.39 is 6.61 Å². The molecule has 0 aliphatic heterocycles. The highest BCUT2D eigenvalue weighted by Crippen LogP contribution is 2.24. The van der Waals surface area contributed by atoms with E-state index in [0.29, 0.717) is 23.1 Å². The predicted molar refractivity (Wildman–Crippen MR) is 109 cm³/mol. The summed E-state index contributed by atoms with van der Waals surface area (Å²) in [6.45, 7) is -1.24. The van der Waals surface area contributed by atoms with Gasteiger partial charge >= 0.3 is 6.61 Å². The Hall–Kier alpha value is -2.38. The van der Waals surface area contributed by atoms with Crippen molar-refractivity contribution in [2.75, 3.05) is 21.1 Å². The van der Waals surface area contributed by atoms with Crippen molar-refractivity contribution in [2.24, 2.45) is 4.99 Å². The molecule has 0 saturated heterocycles. The van der Waals surface area contributed by atoms with E-state index in [1.165, 1.54) is 17.7 Å². The fourth-order valence-corrected chi connectivity index (χ4v) is 2.90. The number of alkyl halides is 2. The molecule has 2 aromatic rings. The number of aliphatic imine (C=N–C) groups is 1. The van der Waals surface area contributed by atoms with Crippen LogP contribution in [-0.2, 0) is 19.6 Å². The first-order valence-corrected chi connectivity index (χ1v) is 9.16. The molecule has 152 valence electrons. The number of nitrogens with one attached hydrogen (secondary N) is 2. The van der Waals surface area contributed by atoms with Gasteiger partial charge in [-0.05, 0) is 43.4 Å². The number of halogens is 3. The van der Waals surface area contributed by atoms with Gasteiger partial charge in [0.2, 0.25) is 0 Å². The van der Waals surface area contributed by atoms with Crippen LogP contribution in [0.4, 0.5) is 8.78 Å². The molecule has 2 N–H and O–H groups in total. The van der Waals surface area contributed by atoms with Crippen LogP contribution in [-0.4, -0.2) is 38.6 Å². The Morgan fingerprint density at radius 1 is 1.07 bits per heavy atom. The van der Waals surface area contributed by atoms with Gasteiger partial charge in [-0.1, -0.05) is 35.9 Å². The summed E-state index contributed by atoms with van der Waals surface area (Å²) in [5, 5.41) is 6.79. The number of hydrogen-bond donors (Lipinski definition) is 2. The largest absolute Gasteiger partial charge is 0.434 e. The minimum Gasteiger partial charge on any atom is -0.434 e. The molecule has 0 atom stereocenters. The lowest BCUT2D eigenvalue weighted by molar-refractivity contribution is -0.0504. The van der Waals surface area contributed by atoms with Crippen LogP contribution in [0, 0.1) is 0 Å². The summed E-state index contributed by atoms with van der Waals surface area (Å²) in [5.74, 6) is 0.626. The third-order valence-electron chi connectivity index (χ3n) is 3.96. The molecule has 0 fully saturated rings. The number of guanidine groups is 1. The van der Waals surface area contributed by atoms with Gasteiger partial charge in [0.25, 0.3) is 0 Å². The SMILES string of the molecule is CN=C(NCc1ccccc1CN(C)C)NCc1cc(Cl)ccc1OC(F)F. The Labute approximate surface area is 169 Å². The highest BCUT2D eigenvalue weighted by atomic mass is 35.5. The second-order valence-electron chi connectivity index (χ2n) is 6.42. The molecule has 0 aliphatic rings. The van der Waals surface area contributed by atoms with Crippen LogP contribution in [0.5, 0.6) is 5.75 Å². The topological polar surface area (TPSA) is 48.9 Å². The van der Waals surface area contributed by atoms with E-state index in [1.54, 1.807) is 13.1 Å². The van der Waals surface area contributed by atoms with Crippen LogP contribution in [0.1, 0.15) is 16.7 Å². The average Bonchev–Trinajstić information content (AvgIpc) is 2.64. The van der Waals surface area contributed by atoms with E-state index in [1.807, 2.05) is 26.2 Å². The van der Waals surface area contributed by atoms with Gasteiger partial charge < -0.3 is 20.3 Å². The van der Waals surface area contributed by atoms with Gasteiger partial charge in [-0.3, -0.25) is 4.99 Å². The highest BCUT2D eigenvalue weighted by molar-refractivity contribution is 6.30. The molecular weight excluding hydrogens is 386 g/mol. The summed E-state index contributed by atoms with van der Waals surface area (Å²) >= 11 is 5.98. The third-order valence-corrected chi connectivity index (χ3v) is 4.19. The molecule has 0 saturated carbocycles. The first kappa shape index (κ1) is 21.9. The zero-order chi connectivity index (χ0) is 20.5. The molecule has 2 rings (SSSR count). The molecule has 0 unspecified atom stereocenters. The molecule has 0 heterocycles. The van der Waals surface area contributed by atoms with Crippen LogP contribution in [0.15, 0.2) is 47.5 Å². The molecule has 0 amide bonds. The smallest absolute Gasteiger partial charge is 0.387 e. The van der Waals surface area contributed by atoms with Gasteiger partial charge in [-0.2, -0.15) is 8.78 Å². The van der Waals surface area contributed by atoms with Crippen LogP contribution < -0.4 is 15.4 Å². The van der Waals surface area contributed by atoms with Gasteiger partial charge in [0.05, 0.1) is 0 Å². The van der Waals surface area contributed by atoms with Crippen molar-refractivity contribution in [3.8, 4) is 5.75 Å². The molecule has 8 heteroatoms. The van der Waals surface area contributed by atoms with Crippen LogP contribution in [0.2, 0.25) is 5.02 Å². The van der Waals surface area contributed by atoms with Gasteiger partial charge in [0, 0.05) is 37.3 Å². The summed E-state index contributed by atoms with van der Waals surface area (Å²) < 4.78 is 29.7. The average molecular weight is 411 g/mol. The summed E-state index contributed by atoms with van der Waals surface area (Å²) in [6.07, 6.45) is 0. The maximum absolute atomic E-state index is 12.6. The number of ether oxygens (including phenoxy) is 1. The Bertz CT molecular complexity index is 800. The van der Waals surface area contributed by atoms with Crippen molar-refractivity contribution in [1.29, 1.82) is 0 Å². The molecule has 5 nitrogen and oxygen atoms in total. The number of benzene rings is 2. The van der Waals surface area contributed by atoms with Crippen molar-refractivity contribution in [3.05, 3.63) is 64.2 Å². The molecule has 2 aromatic carbocycles. The van der Waals surface area contributed by atoms with E-state index >= 15 is 0 Å². The van der Waals surface area contributed by atoms with E-state index in [0.717, 1.165) is 12.1 Å². The number of nitrogens with zero attached hydrogens (tertiary/aromatic N) is 2. The Balaban J connectivity index is 2.00. The molecule has 0 radical (unpaired) electrons. The van der Waals surface area contributed by atoms with Gasteiger partial charge in [-0.25, -0.2) is 0 Å². The Morgan fingerprint density at radius 3 is 2.32 bits per heavy atom. The minimum absolute atomic E-state index is 0.0821. The monoisotopic (exact) mass is 410 g/mol. The third kappa shape index (κ3) is 6.98. The lowest BCUT2D eigenvalue weighted by Gasteiger charge is -2.17.